The monoisotopic (exact) mass is 443 g/mol. The summed E-state index contributed by atoms with van der Waals surface area (Å²) in [4.78, 5) is 11.8. The highest BCUT2D eigenvalue weighted by atomic mass is 19.1. The quantitative estimate of drug-likeness (QED) is 0.320. The maximum absolute atomic E-state index is 13.9. The van der Waals surface area contributed by atoms with E-state index < -0.39 is 5.91 Å². The van der Waals surface area contributed by atoms with E-state index in [0.717, 1.165) is 33.8 Å². The zero-order chi connectivity index (χ0) is 23.5. The average Bonchev–Trinajstić information content (AvgIpc) is 3.05. The first-order valence-corrected chi connectivity index (χ1v) is 10.9. The summed E-state index contributed by atoms with van der Waals surface area (Å²) < 4.78 is 19.9. The van der Waals surface area contributed by atoms with Crippen molar-refractivity contribution < 1.29 is 19.1 Å². The van der Waals surface area contributed by atoms with Crippen LogP contribution < -0.4 is 10.2 Å². The summed E-state index contributed by atoms with van der Waals surface area (Å²) in [6.45, 7) is 6.22. The zero-order valence-corrected chi connectivity index (χ0v) is 18.9. The Hall–Kier alpha value is -3.70. The molecule has 0 spiro atoms. The maximum Gasteiger partial charge on any atom is 0.247 e. The number of hydrogen-bond donors (Lipinski definition) is 2. The molecule has 33 heavy (non-hydrogen) atoms. The normalized spacial score (nSPS) is 14.1. The summed E-state index contributed by atoms with van der Waals surface area (Å²) in [6.07, 6.45) is 1.98. The molecule has 1 aliphatic carbocycles. The molecule has 0 saturated heterocycles. The van der Waals surface area contributed by atoms with E-state index in [1.165, 1.54) is 17.7 Å². The fourth-order valence-corrected chi connectivity index (χ4v) is 4.04. The SMILES string of the molecule is CC1=C(CC(=O)NO)c2cc(F)ccc2/C1=C\c1ccc(Oc2ccc(C(C)C)cc2)cc1. The van der Waals surface area contributed by atoms with Crippen LogP contribution in [0.5, 0.6) is 11.5 Å². The van der Waals surface area contributed by atoms with Crippen LogP contribution >= 0.6 is 0 Å². The highest BCUT2D eigenvalue weighted by molar-refractivity contribution is 6.08. The van der Waals surface area contributed by atoms with Crippen LogP contribution in [0.3, 0.4) is 0 Å². The van der Waals surface area contributed by atoms with Crippen LogP contribution in [-0.2, 0) is 4.79 Å². The largest absolute Gasteiger partial charge is 0.457 e. The number of hydrogen-bond acceptors (Lipinski definition) is 3. The van der Waals surface area contributed by atoms with E-state index in [4.69, 9.17) is 9.94 Å². The van der Waals surface area contributed by atoms with Crippen LogP contribution in [0.4, 0.5) is 4.39 Å². The molecule has 1 aliphatic rings. The number of fused-ring (bicyclic) bond motifs is 1. The van der Waals surface area contributed by atoms with E-state index in [2.05, 4.69) is 26.0 Å². The van der Waals surface area contributed by atoms with Gasteiger partial charge >= 0.3 is 0 Å². The fraction of sp³-hybridized carbons (Fsp3) is 0.179. The van der Waals surface area contributed by atoms with E-state index in [9.17, 15) is 9.18 Å². The molecule has 0 aliphatic heterocycles. The number of allylic oxidation sites excluding steroid dienone is 2. The standard InChI is InChI=1S/C28H26FNO3/c1-17(2)20-6-11-23(12-7-20)33-22-9-4-19(5-10-22)14-25-18(3)26(16-28(31)30-32)27-15-21(29)8-13-24(25)27/h4-15,17,32H,16H2,1-3H3,(H,30,31)/b25-14-. The average molecular weight is 444 g/mol. The van der Waals surface area contributed by atoms with Crippen molar-refractivity contribution in [2.24, 2.45) is 0 Å². The number of nitrogens with one attached hydrogen (secondary N) is 1. The Balaban J connectivity index is 1.60. The minimum Gasteiger partial charge on any atom is -0.457 e. The van der Waals surface area contributed by atoms with Crippen molar-refractivity contribution >= 4 is 23.1 Å². The van der Waals surface area contributed by atoms with Gasteiger partial charge in [0.15, 0.2) is 0 Å². The summed E-state index contributed by atoms with van der Waals surface area (Å²) in [5.74, 6) is 1.08. The molecule has 0 atom stereocenters. The summed E-state index contributed by atoms with van der Waals surface area (Å²) >= 11 is 0. The predicted octanol–water partition coefficient (Wildman–Crippen LogP) is 6.96. The highest BCUT2D eigenvalue weighted by Crippen LogP contribution is 2.43. The Morgan fingerprint density at radius 3 is 2.24 bits per heavy atom. The van der Waals surface area contributed by atoms with Gasteiger partial charge in [-0.05, 0) is 94.3 Å². The van der Waals surface area contributed by atoms with E-state index in [1.54, 1.807) is 11.5 Å². The Labute approximate surface area is 193 Å². The van der Waals surface area contributed by atoms with Crippen molar-refractivity contribution in [2.75, 3.05) is 0 Å². The number of hydroxylamine groups is 1. The lowest BCUT2D eigenvalue weighted by atomic mass is 10.0. The number of carbonyl (C=O) groups is 1. The number of carbonyl (C=O) groups excluding carboxylic acids is 1. The molecule has 3 aromatic rings. The molecule has 0 bridgehead atoms. The first-order chi connectivity index (χ1) is 15.9. The lowest BCUT2D eigenvalue weighted by molar-refractivity contribution is -0.128. The van der Waals surface area contributed by atoms with Gasteiger partial charge in [-0.3, -0.25) is 10.0 Å². The van der Waals surface area contributed by atoms with E-state index >= 15 is 0 Å². The fourth-order valence-electron chi connectivity index (χ4n) is 4.04. The lowest BCUT2D eigenvalue weighted by Gasteiger charge is -2.09. The molecule has 4 nitrogen and oxygen atoms in total. The number of halogens is 1. The van der Waals surface area contributed by atoms with Crippen molar-refractivity contribution in [1.82, 2.24) is 5.48 Å². The molecule has 4 rings (SSSR count). The first-order valence-electron chi connectivity index (χ1n) is 10.9. The molecule has 3 aromatic carbocycles. The number of benzene rings is 3. The van der Waals surface area contributed by atoms with Crippen LogP contribution in [0.2, 0.25) is 0 Å². The van der Waals surface area contributed by atoms with Gasteiger partial charge in [-0.1, -0.05) is 44.2 Å². The van der Waals surface area contributed by atoms with Gasteiger partial charge in [-0.2, -0.15) is 0 Å². The lowest BCUT2D eigenvalue weighted by Crippen LogP contribution is -2.18. The van der Waals surface area contributed by atoms with Crippen LogP contribution in [-0.4, -0.2) is 11.1 Å². The molecule has 0 fully saturated rings. The summed E-state index contributed by atoms with van der Waals surface area (Å²) in [7, 11) is 0. The van der Waals surface area contributed by atoms with E-state index in [0.29, 0.717) is 17.1 Å². The molecule has 0 heterocycles. The Morgan fingerprint density at radius 1 is 1.00 bits per heavy atom. The van der Waals surface area contributed by atoms with Gasteiger partial charge in [0.2, 0.25) is 5.91 Å². The molecule has 0 radical (unpaired) electrons. The molecular formula is C28H26FNO3. The molecular weight excluding hydrogens is 417 g/mol. The minimum absolute atomic E-state index is 0.0293. The number of ether oxygens (including phenoxy) is 1. The first kappa shape index (κ1) is 22.5. The summed E-state index contributed by atoms with van der Waals surface area (Å²) in [6, 6.07) is 20.4. The van der Waals surface area contributed by atoms with E-state index in [-0.39, 0.29) is 12.2 Å². The maximum atomic E-state index is 13.9. The van der Waals surface area contributed by atoms with Crippen molar-refractivity contribution in [2.45, 2.75) is 33.1 Å². The van der Waals surface area contributed by atoms with Gasteiger partial charge in [-0.15, -0.1) is 0 Å². The molecule has 168 valence electrons. The van der Waals surface area contributed by atoms with E-state index in [1.807, 2.05) is 49.4 Å². The minimum atomic E-state index is -0.538. The van der Waals surface area contributed by atoms with Crippen molar-refractivity contribution in [3.63, 3.8) is 0 Å². The third-order valence-corrected chi connectivity index (χ3v) is 5.89. The Kier molecular flexibility index (Phi) is 6.43. The van der Waals surface area contributed by atoms with Gasteiger partial charge in [0.1, 0.15) is 17.3 Å². The molecule has 5 heteroatoms. The topological polar surface area (TPSA) is 58.6 Å². The van der Waals surface area contributed by atoms with Crippen LogP contribution in [0, 0.1) is 5.82 Å². The second kappa shape index (κ2) is 9.43. The second-order valence-electron chi connectivity index (χ2n) is 8.46. The van der Waals surface area contributed by atoms with Gasteiger partial charge in [0.25, 0.3) is 0 Å². The summed E-state index contributed by atoms with van der Waals surface area (Å²) in [5.41, 5.74) is 7.91. The number of amides is 1. The van der Waals surface area contributed by atoms with Crippen molar-refractivity contribution in [3.8, 4) is 11.5 Å². The third-order valence-electron chi connectivity index (χ3n) is 5.89. The van der Waals surface area contributed by atoms with Gasteiger partial charge in [0, 0.05) is 0 Å². The van der Waals surface area contributed by atoms with Gasteiger partial charge in [0.05, 0.1) is 6.42 Å². The van der Waals surface area contributed by atoms with Crippen LogP contribution in [0.1, 0.15) is 55.4 Å². The van der Waals surface area contributed by atoms with Gasteiger partial charge in [-0.25, -0.2) is 9.87 Å². The Bertz CT molecular complexity index is 1240. The summed E-state index contributed by atoms with van der Waals surface area (Å²) in [5, 5.41) is 8.93. The predicted molar refractivity (Wildman–Crippen MR) is 128 cm³/mol. The third kappa shape index (κ3) is 4.89. The van der Waals surface area contributed by atoms with Crippen molar-refractivity contribution in [1.29, 1.82) is 0 Å². The van der Waals surface area contributed by atoms with Crippen molar-refractivity contribution in [3.05, 3.63) is 100 Å². The molecule has 0 saturated carbocycles. The van der Waals surface area contributed by atoms with Crippen LogP contribution in [0.15, 0.2) is 72.3 Å². The highest BCUT2D eigenvalue weighted by Gasteiger charge is 2.25. The molecule has 0 aromatic heterocycles. The molecule has 1 amide bonds. The Morgan fingerprint density at radius 2 is 1.64 bits per heavy atom. The number of rotatable bonds is 6. The smallest absolute Gasteiger partial charge is 0.247 e. The van der Waals surface area contributed by atoms with Gasteiger partial charge < -0.3 is 4.74 Å². The van der Waals surface area contributed by atoms with Crippen LogP contribution in [0.25, 0.3) is 17.2 Å². The molecule has 0 unspecified atom stereocenters. The molecule has 2 N–H and O–H groups in total. The second-order valence-corrected chi connectivity index (χ2v) is 8.46. The zero-order valence-electron chi connectivity index (χ0n) is 18.9.